The average molecular weight is 427 g/mol. The minimum absolute atomic E-state index is 0.259. The lowest BCUT2D eigenvalue weighted by molar-refractivity contribution is -0.387. The van der Waals surface area contributed by atoms with Gasteiger partial charge in [0.05, 0.1) is 10.5 Å². The molecule has 1 atom stereocenters. The van der Waals surface area contributed by atoms with Gasteiger partial charge in [-0.2, -0.15) is 0 Å². The van der Waals surface area contributed by atoms with E-state index in [-0.39, 0.29) is 5.56 Å². The van der Waals surface area contributed by atoms with Crippen LogP contribution in [0.3, 0.4) is 0 Å². The summed E-state index contributed by atoms with van der Waals surface area (Å²) < 4.78 is 28.2. The predicted molar refractivity (Wildman–Crippen MR) is 101 cm³/mol. The van der Waals surface area contributed by atoms with Gasteiger partial charge in [0.1, 0.15) is 4.90 Å². The molecule has 0 bridgehead atoms. The van der Waals surface area contributed by atoms with Gasteiger partial charge in [-0.3, -0.25) is 14.9 Å². The standard InChI is InChI=1S/C17H15ClN2O7S/c1-10(16(21)19-13-6-4-12(18)5-7-13)27-17(22)11-3-8-15(28(2,25)26)14(9-11)20(23)24/h3-10H,1-2H3,(H,19,21)/t10-/m1/s1. The first-order valence-corrected chi connectivity index (χ1v) is 10.0. The van der Waals surface area contributed by atoms with E-state index in [4.69, 9.17) is 16.3 Å². The number of amides is 1. The van der Waals surface area contributed by atoms with Gasteiger partial charge in [-0.1, -0.05) is 11.6 Å². The molecule has 148 valence electrons. The van der Waals surface area contributed by atoms with E-state index in [0.717, 1.165) is 24.5 Å². The number of carbonyl (C=O) groups is 2. The number of nitrogens with zero attached hydrogens (tertiary/aromatic N) is 1. The third-order valence-corrected chi connectivity index (χ3v) is 4.95. The second-order valence-electron chi connectivity index (χ2n) is 5.76. The fourth-order valence-corrected chi connectivity index (χ4v) is 3.11. The van der Waals surface area contributed by atoms with Gasteiger partial charge in [-0.15, -0.1) is 0 Å². The van der Waals surface area contributed by atoms with Crippen LogP contribution >= 0.6 is 11.6 Å². The second kappa shape index (κ2) is 8.36. The number of nitro benzene ring substituents is 1. The van der Waals surface area contributed by atoms with Crippen molar-refractivity contribution in [1.82, 2.24) is 0 Å². The number of carbonyl (C=O) groups excluding carboxylic acids is 2. The van der Waals surface area contributed by atoms with E-state index in [1.54, 1.807) is 24.3 Å². The van der Waals surface area contributed by atoms with Crippen molar-refractivity contribution < 1.29 is 27.7 Å². The minimum atomic E-state index is -3.86. The van der Waals surface area contributed by atoms with Crippen LogP contribution in [-0.2, 0) is 19.4 Å². The van der Waals surface area contributed by atoms with Crippen molar-refractivity contribution in [2.75, 3.05) is 11.6 Å². The molecule has 0 saturated carbocycles. The smallest absolute Gasteiger partial charge is 0.339 e. The van der Waals surface area contributed by atoms with Crippen molar-refractivity contribution in [3.8, 4) is 0 Å². The van der Waals surface area contributed by atoms with Gasteiger partial charge in [0.2, 0.25) is 0 Å². The first-order valence-electron chi connectivity index (χ1n) is 7.75. The van der Waals surface area contributed by atoms with Crippen molar-refractivity contribution in [1.29, 1.82) is 0 Å². The molecule has 0 aliphatic carbocycles. The van der Waals surface area contributed by atoms with Crippen molar-refractivity contribution in [2.24, 2.45) is 0 Å². The maximum Gasteiger partial charge on any atom is 0.339 e. The zero-order chi connectivity index (χ0) is 21.1. The summed E-state index contributed by atoms with van der Waals surface area (Å²) in [5.74, 6) is -1.64. The number of halogens is 1. The lowest BCUT2D eigenvalue weighted by atomic mass is 10.2. The maximum absolute atomic E-state index is 12.2. The molecule has 0 spiro atoms. The Bertz CT molecular complexity index is 1040. The van der Waals surface area contributed by atoms with Crippen LogP contribution in [0.2, 0.25) is 5.02 Å². The molecule has 28 heavy (non-hydrogen) atoms. The van der Waals surface area contributed by atoms with E-state index in [0.29, 0.717) is 10.7 Å². The summed E-state index contributed by atoms with van der Waals surface area (Å²) in [6, 6.07) is 9.07. The van der Waals surface area contributed by atoms with Crippen molar-refractivity contribution in [3.05, 3.63) is 63.2 Å². The number of hydrogen-bond acceptors (Lipinski definition) is 7. The first kappa shape index (κ1) is 21.3. The van der Waals surface area contributed by atoms with Crippen molar-refractivity contribution in [3.63, 3.8) is 0 Å². The molecule has 0 aliphatic rings. The molecule has 0 unspecified atom stereocenters. The van der Waals surface area contributed by atoms with Gasteiger partial charge in [0.15, 0.2) is 15.9 Å². The summed E-state index contributed by atoms with van der Waals surface area (Å²) >= 11 is 5.75. The molecule has 2 aromatic carbocycles. The average Bonchev–Trinajstić information content (AvgIpc) is 2.62. The number of rotatable bonds is 6. The van der Waals surface area contributed by atoms with Crippen LogP contribution in [0.15, 0.2) is 47.4 Å². The van der Waals surface area contributed by atoms with Crippen LogP contribution in [0.5, 0.6) is 0 Å². The quantitative estimate of drug-likeness (QED) is 0.426. The molecule has 1 amide bonds. The highest BCUT2D eigenvalue weighted by atomic mass is 35.5. The Morgan fingerprint density at radius 2 is 1.79 bits per heavy atom. The molecule has 0 fully saturated rings. The van der Waals surface area contributed by atoms with E-state index in [2.05, 4.69) is 5.32 Å². The van der Waals surface area contributed by atoms with Gasteiger partial charge in [-0.25, -0.2) is 13.2 Å². The molecule has 9 nitrogen and oxygen atoms in total. The Morgan fingerprint density at radius 1 is 1.18 bits per heavy atom. The molecule has 0 aromatic heterocycles. The monoisotopic (exact) mass is 426 g/mol. The van der Waals surface area contributed by atoms with Gasteiger partial charge >= 0.3 is 5.97 Å². The van der Waals surface area contributed by atoms with E-state index in [1.165, 1.54) is 6.92 Å². The molecular weight excluding hydrogens is 412 g/mol. The fraction of sp³-hybridized carbons (Fsp3) is 0.176. The Hall–Kier alpha value is -2.98. The summed E-state index contributed by atoms with van der Waals surface area (Å²) in [5.41, 5.74) is -0.578. The van der Waals surface area contributed by atoms with Gasteiger partial charge < -0.3 is 10.1 Å². The maximum atomic E-state index is 12.2. The van der Waals surface area contributed by atoms with Crippen molar-refractivity contribution >= 4 is 44.7 Å². The minimum Gasteiger partial charge on any atom is -0.449 e. The molecular formula is C17H15ClN2O7S. The Kier molecular flexibility index (Phi) is 6.37. The highest BCUT2D eigenvalue weighted by Crippen LogP contribution is 2.25. The summed E-state index contributed by atoms with van der Waals surface area (Å²) in [7, 11) is -3.86. The van der Waals surface area contributed by atoms with Crippen LogP contribution < -0.4 is 5.32 Å². The van der Waals surface area contributed by atoms with E-state index >= 15 is 0 Å². The molecule has 11 heteroatoms. The molecule has 0 radical (unpaired) electrons. The lowest BCUT2D eigenvalue weighted by Gasteiger charge is -2.14. The Labute approximate surface area is 165 Å². The SMILES string of the molecule is C[C@@H](OC(=O)c1ccc(S(C)(=O)=O)c([N+](=O)[O-])c1)C(=O)Nc1ccc(Cl)cc1. The summed E-state index contributed by atoms with van der Waals surface area (Å²) in [4.78, 5) is 34.0. The lowest BCUT2D eigenvalue weighted by Crippen LogP contribution is -2.30. The summed E-state index contributed by atoms with van der Waals surface area (Å²) in [6.45, 7) is 1.32. The highest BCUT2D eigenvalue weighted by molar-refractivity contribution is 7.90. The van der Waals surface area contributed by atoms with Crippen molar-refractivity contribution in [2.45, 2.75) is 17.9 Å². The third-order valence-electron chi connectivity index (χ3n) is 3.56. The van der Waals surface area contributed by atoms with Gasteiger partial charge in [0.25, 0.3) is 11.6 Å². The first-order chi connectivity index (χ1) is 13.0. The van der Waals surface area contributed by atoms with Crippen LogP contribution in [0.25, 0.3) is 0 Å². The van der Waals surface area contributed by atoms with Crippen LogP contribution in [-0.4, -0.2) is 37.6 Å². The van der Waals surface area contributed by atoms with Crippen LogP contribution in [0.1, 0.15) is 17.3 Å². The number of nitro groups is 1. The van der Waals surface area contributed by atoms with E-state index < -0.39 is 43.3 Å². The molecule has 2 rings (SSSR count). The normalized spacial score (nSPS) is 12.1. The highest BCUT2D eigenvalue weighted by Gasteiger charge is 2.26. The number of esters is 1. The number of benzene rings is 2. The fourth-order valence-electron chi connectivity index (χ4n) is 2.16. The number of ether oxygens (including phenoxy) is 1. The third kappa shape index (κ3) is 5.27. The number of hydrogen-bond donors (Lipinski definition) is 1. The van der Waals surface area contributed by atoms with Crippen LogP contribution in [0, 0.1) is 10.1 Å². The zero-order valence-corrected chi connectivity index (χ0v) is 16.3. The molecule has 2 aromatic rings. The van der Waals surface area contributed by atoms with E-state index in [9.17, 15) is 28.1 Å². The molecule has 0 saturated heterocycles. The van der Waals surface area contributed by atoms with E-state index in [1.807, 2.05) is 0 Å². The van der Waals surface area contributed by atoms with Gasteiger partial charge in [0, 0.05) is 23.0 Å². The Morgan fingerprint density at radius 3 is 2.32 bits per heavy atom. The van der Waals surface area contributed by atoms with Crippen LogP contribution in [0.4, 0.5) is 11.4 Å². The Balaban J connectivity index is 2.15. The summed E-state index contributed by atoms with van der Waals surface area (Å²) in [5, 5.41) is 14.1. The molecule has 0 aliphatic heterocycles. The number of nitrogens with one attached hydrogen (secondary N) is 1. The molecule has 0 heterocycles. The largest absolute Gasteiger partial charge is 0.449 e. The topological polar surface area (TPSA) is 133 Å². The number of sulfone groups is 1. The number of anilines is 1. The predicted octanol–water partition coefficient (Wildman–Crippen LogP) is 2.84. The second-order valence-corrected chi connectivity index (χ2v) is 8.18. The van der Waals surface area contributed by atoms with Gasteiger partial charge in [-0.05, 0) is 43.3 Å². The molecule has 1 N–H and O–H groups in total. The zero-order valence-electron chi connectivity index (χ0n) is 14.7. The summed E-state index contributed by atoms with van der Waals surface area (Å²) in [6.07, 6.45) is -0.395.